The van der Waals surface area contributed by atoms with Crippen LogP contribution in [0.15, 0.2) is 35.7 Å². The Kier molecular flexibility index (Phi) is 5.68. The Hall–Kier alpha value is -2.67. The molecule has 0 aliphatic carbocycles. The van der Waals surface area contributed by atoms with Gasteiger partial charge in [0.05, 0.1) is 4.88 Å². The number of nitrogens with zero attached hydrogens (tertiary/aromatic N) is 1. The predicted molar refractivity (Wildman–Crippen MR) is 101 cm³/mol. The molecule has 0 atom stereocenters. The van der Waals surface area contributed by atoms with Crippen molar-refractivity contribution in [2.45, 2.75) is 19.3 Å². The van der Waals surface area contributed by atoms with Gasteiger partial charge < -0.3 is 16.0 Å². The van der Waals surface area contributed by atoms with Gasteiger partial charge in [-0.3, -0.25) is 14.4 Å². The maximum atomic E-state index is 12.2. The van der Waals surface area contributed by atoms with Crippen molar-refractivity contribution >= 4 is 29.1 Å². The summed E-state index contributed by atoms with van der Waals surface area (Å²) in [6.07, 6.45) is 2.31. The second-order valence-corrected chi connectivity index (χ2v) is 7.11. The molecule has 136 valence electrons. The Balaban J connectivity index is 1.53. The molecule has 3 N–H and O–H groups in total. The number of thiophene rings is 1. The number of hydrogen-bond donors (Lipinski definition) is 2. The summed E-state index contributed by atoms with van der Waals surface area (Å²) in [6, 6.07) is 8.94. The monoisotopic (exact) mass is 371 g/mol. The molecule has 1 aromatic heterocycles. The third-order valence-corrected chi connectivity index (χ3v) is 5.34. The van der Waals surface area contributed by atoms with E-state index in [1.54, 1.807) is 12.1 Å². The maximum Gasteiger partial charge on any atom is 0.259 e. The van der Waals surface area contributed by atoms with Crippen LogP contribution in [0.2, 0.25) is 0 Å². The van der Waals surface area contributed by atoms with E-state index in [2.05, 4.69) is 5.32 Å². The van der Waals surface area contributed by atoms with Gasteiger partial charge in [-0.15, -0.1) is 11.3 Å². The smallest absolute Gasteiger partial charge is 0.259 e. The first-order valence-electron chi connectivity index (χ1n) is 8.60. The Morgan fingerprint density at radius 2 is 1.96 bits per heavy atom. The molecule has 1 saturated heterocycles. The molecule has 0 radical (unpaired) electrons. The van der Waals surface area contributed by atoms with E-state index < -0.39 is 5.91 Å². The van der Waals surface area contributed by atoms with Crippen molar-refractivity contribution in [1.82, 2.24) is 10.2 Å². The molecular weight excluding hydrogens is 350 g/mol. The highest BCUT2D eigenvalue weighted by Gasteiger charge is 2.19. The molecule has 1 aliphatic heterocycles. The van der Waals surface area contributed by atoms with Gasteiger partial charge in [0.2, 0.25) is 5.91 Å². The van der Waals surface area contributed by atoms with Crippen LogP contribution in [0.5, 0.6) is 0 Å². The van der Waals surface area contributed by atoms with Crippen molar-refractivity contribution in [3.8, 4) is 11.1 Å². The topological polar surface area (TPSA) is 92.5 Å². The molecule has 0 bridgehead atoms. The number of benzene rings is 1. The van der Waals surface area contributed by atoms with Gasteiger partial charge >= 0.3 is 0 Å². The number of nitrogens with two attached hydrogens (primary N) is 1. The molecule has 7 heteroatoms. The van der Waals surface area contributed by atoms with Gasteiger partial charge in [0.15, 0.2) is 0 Å². The van der Waals surface area contributed by atoms with E-state index in [4.69, 9.17) is 5.73 Å². The SMILES string of the molecule is NC(=O)c1sccc1-c1ccc(C(=O)NCCCN2CCCC2=O)cc1. The van der Waals surface area contributed by atoms with Crippen LogP contribution in [0.25, 0.3) is 11.1 Å². The number of primary amides is 1. The number of likely N-dealkylation sites (tertiary alicyclic amines) is 1. The lowest BCUT2D eigenvalue weighted by Crippen LogP contribution is -2.30. The predicted octanol–water partition coefficient (Wildman–Crippen LogP) is 2.26. The largest absolute Gasteiger partial charge is 0.365 e. The average Bonchev–Trinajstić information content (AvgIpc) is 3.28. The van der Waals surface area contributed by atoms with Crippen LogP contribution in [-0.2, 0) is 4.79 Å². The molecule has 3 rings (SSSR count). The number of carbonyl (C=O) groups is 3. The van der Waals surface area contributed by atoms with Crippen LogP contribution in [0.1, 0.15) is 39.3 Å². The fourth-order valence-corrected chi connectivity index (χ4v) is 3.81. The minimum absolute atomic E-state index is 0.148. The summed E-state index contributed by atoms with van der Waals surface area (Å²) in [4.78, 5) is 37.5. The van der Waals surface area contributed by atoms with Gasteiger partial charge in [-0.2, -0.15) is 0 Å². The molecule has 3 amide bonds. The molecule has 0 spiro atoms. The Morgan fingerprint density at radius 1 is 1.19 bits per heavy atom. The van der Waals surface area contributed by atoms with Crippen molar-refractivity contribution in [2.24, 2.45) is 5.73 Å². The summed E-state index contributed by atoms with van der Waals surface area (Å²) in [6.45, 7) is 2.04. The number of rotatable bonds is 7. The number of nitrogens with one attached hydrogen (secondary N) is 1. The lowest BCUT2D eigenvalue weighted by molar-refractivity contribution is -0.127. The second kappa shape index (κ2) is 8.14. The van der Waals surface area contributed by atoms with Crippen LogP contribution < -0.4 is 11.1 Å². The first-order chi connectivity index (χ1) is 12.6. The highest BCUT2D eigenvalue weighted by molar-refractivity contribution is 7.12. The molecule has 2 aromatic rings. The van der Waals surface area contributed by atoms with E-state index in [0.29, 0.717) is 30.0 Å². The summed E-state index contributed by atoms with van der Waals surface area (Å²) < 4.78 is 0. The first-order valence-corrected chi connectivity index (χ1v) is 9.48. The highest BCUT2D eigenvalue weighted by Crippen LogP contribution is 2.28. The lowest BCUT2D eigenvalue weighted by atomic mass is 10.0. The zero-order valence-corrected chi connectivity index (χ0v) is 15.2. The molecule has 1 aliphatic rings. The molecule has 6 nitrogen and oxygen atoms in total. The second-order valence-electron chi connectivity index (χ2n) is 6.20. The Bertz CT molecular complexity index is 814. The first kappa shape index (κ1) is 18.1. The molecule has 2 heterocycles. The van der Waals surface area contributed by atoms with Crippen molar-refractivity contribution in [3.05, 3.63) is 46.2 Å². The van der Waals surface area contributed by atoms with Gasteiger partial charge in [-0.25, -0.2) is 0 Å². The van der Waals surface area contributed by atoms with Gasteiger partial charge in [0, 0.05) is 37.2 Å². The van der Waals surface area contributed by atoms with E-state index in [1.165, 1.54) is 11.3 Å². The molecule has 1 aromatic carbocycles. The maximum absolute atomic E-state index is 12.2. The zero-order chi connectivity index (χ0) is 18.5. The minimum atomic E-state index is -0.451. The minimum Gasteiger partial charge on any atom is -0.365 e. The summed E-state index contributed by atoms with van der Waals surface area (Å²) in [5.74, 6) is -0.395. The van der Waals surface area contributed by atoms with Crippen molar-refractivity contribution in [1.29, 1.82) is 0 Å². The summed E-state index contributed by atoms with van der Waals surface area (Å²) in [5.41, 5.74) is 7.57. The lowest BCUT2D eigenvalue weighted by Gasteiger charge is -2.15. The van der Waals surface area contributed by atoms with Crippen LogP contribution in [0, 0.1) is 0 Å². The highest BCUT2D eigenvalue weighted by atomic mass is 32.1. The third kappa shape index (κ3) is 4.11. The van der Waals surface area contributed by atoms with E-state index >= 15 is 0 Å². The van der Waals surface area contributed by atoms with E-state index in [0.717, 1.165) is 30.5 Å². The Labute approximate surface area is 156 Å². The number of amides is 3. The Morgan fingerprint density at radius 3 is 2.62 bits per heavy atom. The summed E-state index contributed by atoms with van der Waals surface area (Å²) in [7, 11) is 0. The van der Waals surface area contributed by atoms with Crippen molar-refractivity contribution < 1.29 is 14.4 Å². The van der Waals surface area contributed by atoms with Gasteiger partial charge in [0.1, 0.15) is 0 Å². The molecular formula is C19H21N3O3S. The third-order valence-electron chi connectivity index (χ3n) is 4.41. The quantitative estimate of drug-likeness (QED) is 0.731. The van der Waals surface area contributed by atoms with E-state index in [9.17, 15) is 14.4 Å². The number of hydrogen-bond acceptors (Lipinski definition) is 4. The normalized spacial score (nSPS) is 13.8. The summed E-state index contributed by atoms with van der Waals surface area (Å²) >= 11 is 1.31. The standard InChI is InChI=1S/C19H21N3O3S/c20-18(24)17-15(8-12-26-17)13-4-6-14(7-5-13)19(25)21-9-2-11-22-10-1-3-16(22)23/h4-8,12H,1-3,9-11H2,(H2,20,24)(H,21,25). The van der Waals surface area contributed by atoms with E-state index in [-0.39, 0.29) is 11.8 Å². The molecule has 0 saturated carbocycles. The zero-order valence-electron chi connectivity index (χ0n) is 14.4. The number of carbonyl (C=O) groups excluding carboxylic acids is 3. The van der Waals surface area contributed by atoms with Crippen LogP contribution in [0.3, 0.4) is 0 Å². The van der Waals surface area contributed by atoms with Gasteiger partial charge in [0.25, 0.3) is 11.8 Å². The van der Waals surface area contributed by atoms with Crippen LogP contribution in [0.4, 0.5) is 0 Å². The average molecular weight is 371 g/mol. The molecule has 26 heavy (non-hydrogen) atoms. The summed E-state index contributed by atoms with van der Waals surface area (Å²) in [5, 5.41) is 4.69. The molecule has 1 fully saturated rings. The van der Waals surface area contributed by atoms with Crippen LogP contribution in [-0.4, -0.2) is 42.3 Å². The van der Waals surface area contributed by atoms with Gasteiger partial charge in [-0.05, 0) is 42.0 Å². The van der Waals surface area contributed by atoms with Crippen LogP contribution >= 0.6 is 11.3 Å². The molecule has 0 unspecified atom stereocenters. The van der Waals surface area contributed by atoms with Crippen molar-refractivity contribution in [2.75, 3.05) is 19.6 Å². The van der Waals surface area contributed by atoms with E-state index in [1.807, 2.05) is 28.5 Å². The van der Waals surface area contributed by atoms with Gasteiger partial charge in [-0.1, -0.05) is 12.1 Å². The fourth-order valence-electron chi connectivity index (χ4n) is 3.04. The fraction of sp³-hybridized carbons (Fsp3) is 0.316. The van der Waals surface area contributed by atoms with Crippen molar-refractivity contribution in [3.63, 3.8) is 0 Å².